The first-order valence-corrected chi connectivity index (χ1v) is 11.4. The van der Waals surface area contributed by atoms with Crippen LogP contribution in [0.25, 0.3) is 0 Å². The Morgan fingerprint density at radius 2 is 1.81 bits per heavy atom. The first-order valence-electron chi connectivity index (χ1n) is 7.91. The van der Waals surface area contributed by atoms with E-state index in [0.717, 1.165) is 6.26 Å². The van der Waals surface area contributed by atoms with Crippen molar-refractivity contribution in [2.75, 3.05) is 19.3 Å². The van der Waals surface area contributed by atoms with E-state index in [1.807, 2.05) is 0 Å². The number of piperidine rings is 1. The largest absolute Gasteiger partial charge is 0.412 e. The van der Waals surface area contributed by atoms with Crippen molar-refractivity contribution in [2.24, 2.45) is 0 Å². The van der Waals surface area contributed by atoms with Crippen LogP contribution in [0.4, 0.5) is 4.39 Å². The van der Waals surface area contributed by atoms with Gasteiger partial charge in [0, 0.05) is 30.8 Å². The van der Waals surface area contributed by atoms with E-state index in [0.29, 0.717) is 12.8 Å². The number of hydrogen-bond acceptors (Lipinski definition) is 7. The van der Waals surface area contributed by atoms with Crippen LogP contribution in [0.2, 0.25) is 0 Å². The van der Waals surface area contributed by atoms with Gasteiger partial charge in [0.15, 0.2) is 0 Å². The fourth-order valence-corrected chi connectivity index (χ4v) is 4.82. The SMILES string of the molecule is CS(=O)(=O)c1nnc(C2CCN(S(=O)(=O)Cc3ccccc3F)CC2)o1. The van der Waals surface area contributed by atoms with E-state index in [2.05, 4.69) is 10.2 Å². The Bertz CT molecular complexity index is 996. The maximum atomic E-state index is 13.7. The highest BCUT2D eigenvalue weighted by Crippen LogP contribution is 2.29. The monoisotopic (exact) mass is 403 g/mol. The van der Waals surface area contributed by atoms with Crippen molar-refractivity contribution in [2.45, 2.75) is 29.7 Å². The van der Waals surface area contributed by atoms with E-state index in [-0.39, 0.29) is 30.5 Å². The smallest absolute Gasteiger partial charge is 0.335 e. The van der Waals surface area contributed by atoms with Crippen LogP contribution in [0.3, 0.4) is 0 Å². The van der Waals surface area contributed by atoms with Crippen LogP contribution in [0.15, 0.2) is 33.9 Å². The summed E-state index contributed by atoms with van der Waals surface area (Å²) < 4.78 is 68.0. The predicted molar refractivity (Wildman–Crippen MR) is 90.0 cm³/mol. The number of rotatable bonds is 5. The lowest BCUT2D eigenvalue weighted by molar-refractivity contribution is 0.278. The molecular weight excluding hydrogens is 385 g/mol. The molecule has 2 heterocycles. The summed E-state index contributed by atoms with van der Waals surface area (Å²) in [5.41, 5.74) is 0.129. The second-order valence-electron chi connectivity index (χ2n) is 6.20. The second-order valence-corrected chi connectivity index (χ2v) is 10.1. The molecule has 1 fully saturated rings. The molecule has 0 bridgehead atoms. The zero-order valence-electron chi connectivity index (χ0n) is 14.0. The molecule has 0 saturated carbocycles. The summed E-state index contributed by atoms with van der Waals surface area (Å²) in [6.45, 7) is 0.441. The quantitative estimate of drug-likeness (QED) is 0.740. The number of benzene rings is 1. The highest BCUT2D eigenvalue weighted by Gasteiger charge is 2.32. The average Bonchev–Trinajstić information content (AvgIpc) is 3.07. The molecule has 3 rings (SSSR count). The number of nitrogens with zero attached hydrogens (tertiary/aromatic N) is 3. The molecule has 0 N–H and O–H groups in total. The average molecular weight is 403 g/mol. The Labute approximate surface area is 151 Å². The van der Waals surface area contributed by atoms with Gasteiger partial charge in [-0.1, -0.05) is 23.3 Å². The van der Waals surface area contributed by atoms with Crippen molar-refractivity contribution in [3.8, 4) is 0 Å². The molecule has 1 aliphatic rings. The molecule has 0 unspecified atom stereocenters. The number of hydrogen-bond donors (Lipinski definition) is 0. The van der Waals surface area contributed by atoms with Crippen LogP contribution in [0.1, 0.15) is 30.2 Å². The third kappa shape index (κ3) is 4.10. The van der Waals surface area contributed by atoms with Crippen molar-refractivity contribution >= 4 is 19.9 Å². The summed E-state index contributed by atoms with van der Waals surface area (Å²) in [6.07, 6.45) is 1.81. The summed E-state index contributed by atoms with van der Waals surface area (Å²) in [4.78, 5) is 0. The highest BCUT2D eigenvalue weighted by atomic mass is 32.2. The molecule has 0 radical (unpaired) electrons. The maximum absolute atomic E-state index is 13.7. The number of aromatic nitrogens is 2. The van der Waals surface area contributed by atoms with E-state index in [1.54, 1.807) is 6.07 Å². The predicted octanol–water partition coefficient (Wildman–Crippen LogP) is 1.32. The zero-order valence-corrected chi connectivity index (χ0v) is 15.6. The topological polar surface area (TPSA) is 110 Å². The van der Waals surface area contributed by atoms with Crippen LogP contribution < -0.4 is 0 Å². The third-order valence-corrected chi connectivity index (χ3v) is 6.86. The number of sulfone groups is 1. The normalized spacial score (nSPS) is 17.5. The summed E-state index contributed by atoms with van der Waals surface area (Å²) >= 11 is 0. The van der Waals surface area contributed by atoms with E-state index < -0.39 is 36.7 Å². The summed E-state index contributed by atoms with van der Waals surface area (Å²) in [5.74, 6) is -0.969. The van der Waals surface area contributed by atoms with Gasteiger partial charge in [0.1, 0.15) is 5.82 Å². The van der Waals surface area contributed by atoms with Gasteiger partial charge in [-0.25, -0.2) is 25.5 Å². The van der Waals surface area contributed by atoms with Crippen molar-refractivity contribution in [3.63, 3.8) is 0 Å². The molecule has 1 aliphatic heterocycles. The minimum Gasteiger partial charge on any atom is -0.412 e. The summed E-state index contributed by atoms with van der Waals surface area (Å²) in [7, 11) is -7.23. The van der Waals surface area contributed by atoms with Gasteiger partial charge in [0.25, 0.3) is 0 Å². The fraction of sp³-hybridized carbons (Fsp3) is 0.467. The standard InChI is InChI=1S/C15H18FN3O5S2/c1-25(20,21)15-18-17-14(24-15)11-6-8-19(9-7-11)26(22,23)10-12-4-2-3-5-13(12)16/h2-5,11H,6-10H2,1H3. The van der Waals surface area contributed by atoms with Gasteiger partial charge in [-0.15, -0.1) is 5.10 Å². The third-order valence-electron chi connectivity index (χ3n) is 4.23. The van der Waals surface area contributed by atoms with Gasteiger partial charge in [-0.3, -0.25) is 0 Å². The van der Waals surface area contributed by atoms with Crippen molar-refractivity contribution in [1.82, 2.24) is 14.5 Å². The molecule has 0 amide bonds. The molecule has 0 spiro atoms. The molecule has 8 nitrogen and oxygen atoms in total. The fourth-order valence-electron chi connectivity index (χ4n) is 2.82. The Morgan fingerprint density at radius 1 is 1.15 bits per heavy atom. The lowest BCUT2D eigenvalue weighted by Gasteiger charge is -2.29. The zero-order chi connectivity index (χ0) is 18.9. The molecular formula is C15H18FN3O5S2. The Kier molecular flexibility index (Phi) is 5.13. The minimum absolute atomic E-state index is 0.129. The van der Waals surface area contributed by atoms with Gasteiger partial charge < -0.3 is 4.42 Å². The molecule has 1 saturated heterocycles. The molecule has 142 valence electrons. The lowest BCUT2D eigenvalue weighted by Crippen LogP contribution is -2.38. The van der Waals surface area contributed by atoms with E-state index in [4.69, 9.17) is 4.42 Å². The lowest BCUT2D eigenvalue weighted by atomic mass is 9.98. The molecule has 11 heteroatoms. The molecule has 0 atom stereocenters. The van der Waals surface area contributed by atoms with Gasteiger partial charge in [-0.2, -0.15) is 0 Å². The van der Waals surface area contributed by atoms with Crippen LogP contribution in [-0.2, 0) is 25.6 Å². The van der Waals surface area contributed by atoms with Crippen molar-refractivity contribution in [1.29, 1.82) is 0 Å². The molecule has 26 heavy (non-hydrogen) atoms. The van der Waals surface area contributed by atoms with Gasteiger partial charge in [0.05, 0.1) is 5.75 Å². The highest BCUT2D eigenvalue weighted by molar-refractivity contribution is 7.90. The second kappa shape index (κ2) is 7.05. The first-order chi connectivity index (χ1) is 12.2. The molecule has 1 aromatic carbocycles. The Balaban J connectivity index is 1.66. The Hall–Kier alpha value is -1.85. The van der Waals surface area contributed by atoms with E-state index in [9.17, 15) is 21.2 Å². The summed E-state index contributed by atoms with van der Waals surface area (Å²) in [6, 6.07) is 5.78. The van der Waals surface area contributed by atoms with E-state index in [1.165, 1.54) is 22.5 Å². The van der Waals surface area contributed by atoms with Gasteiger partial charge in [0.2, 0.25) is 25.8 Å². The van der Waals surface area contributed by atoms with E-state index >= 15 is 0 Å². The van der Waals surface area contributed by atoms with Crippen LogP contribution in [0, 0.1) is 5.82 Å². The van der Waals surface area contributed by atoms with Gasteiger partial charge in [-0.05, 0) is 18.9 Å². The number of halogens is 1. The number of sulfonamides is 1. The first kappa shape index (κ1) is 18.9. The minimum atomic E-state index is -3.65. The van der Waals surface area contributed by atoms with Crippen molar-refractivity contribution < 1.29 is 25.6 Å². The Morgan fingerprint density at radius 3 is 2.38 bits per heavy atom. The summed E-state index contributed by atoms with van der Waals surface area (Å²) in [5, 5.41) is 6.83. The molecule has 2 aromatic rings. The molecule has 1 aromatic heterocycles. The molecule has 0 aliphatic carbocycles. The van der Waals surface area contributed by atoms with Crippen LogP contribution in [0.5, 0.6) is 0 Å². The van der Waals surface area contributed by atoms with Crippen LogP contribution >= 0.6 is 0 Å². The van der Waals surface area contributed by atoms with Crippen molar-refractivity contribution in [3.05, 3.63) is 41.5 Å². The van der Waals surface area contributed by atoms with Gasteiger partial charge >= 0.3 is 5.22 Å². The maximum Gasteiger partial charge on any atom is 0.335 e. The van der Waals surface area contributed by atoms with Crippen LogP contribution in [-0.4, -0.2) is 50.7 Å².